The highest BCUT2D eigenvalue weighted by molar-refractivity contribution is 8.00. The minimum Gasteiger partial charge on any atom is -0.298 e. The van der Waals surface area contributed by atoms with Gasteiger partial charge in [0, 0.05) is 30.1 Å². The molecule has 0 aromatic rings. The molecular formula is C15H31NS2. The average Bonchev–Trinajstić information content (AvgIpc) is 2.35. The lowest BCUT2D eigenvalue weighted by Gasteiger charge is -2.44. The van der Waals surface area contributed by atoms with Crippen LogP contribution in [0.15, 0.2) is 0 Å². The second-order valence-corrected chi connectivity index (χ2v) is 7.75. The van der Waals surface area contributed by atoms with Gasteiger partial charge in [0.1, 0.15) is 0 Å². The molecule has 0 aliphatic carbocycles. The minimum atomic E-state index is 0.447. The van der Waals surface area contributed by atoms with E-state index < -0.39 is 0 Å². The van der Waals surface area contributed by atoms with E-state index in [2.05, 4.69) is 57.0 Å². The first kappa shape index (κ1) is 16.7. The zero-order valence-corrected chi connectivity index (χ0v) is 14.3. The summed E-state index contributed by atoms with van der Waals surface area (Å²) in [5.41, 5.74) is 0.447. The molecule has 1 fully saturated rings. The van der Waals surface area contributed by atoms with Gasteiger partial charge in [0.25, 0.3) is 0 Å². The fourth-order valence-electron chi connectivity index (χ4n) is 3.20. The molecule has 0 N–H and O–H groups in total. The summed E-state index contributed by atoms with van der Waals surface area (Å²) in [6.45, 7) is 11.9. The largest absolute Gasteiger partial charge is 0.298 e. The highest BCUT2D eigenvalue weighted by Gasteiger charge is 2.34. The molecule has 0 spiro atoms. The van der Waals surface area contributed by atoms with E-state index in [9.17, 15) is 0 Å². The second kappa shape index (κ2) is 8.06. The predicted molar refractivity (Wildman–Crippen MR) is 89.1 cm³/mol. The summed E-state index contributed by atoms with van der Waals surface area (Å²) in [6, 6.07) is 0.719. The molecule has 3 heteroatoms. The van der Waals surface area contributed by atoms with Gasteiger partial charge in [-0.05, 0) is 30.9 Å². The lowest BCUT2D eigenvalue weighted by atomic mass is 9.80. The summed E-state index contributed by atoms with van der Waals surface area (Å²) >= 11 is 6.82. The number of rotatable bonds is 7. The molecule has 0 amide bonds. The molecule has 1 aliphatic rings. The number of thiol groups is 1. The molecule has 1 rings (SSSR count). The van der Waals surface area contributed by atoms with Crippen molar-refractivity contribution < 1.29 is 0 Å². The fourth-order valence-corrected chi connectivity index (χ4v) is 4.78. The number of hydrogen-bond acceptors (Lipinski definition) is 3. The van der Waals surface area contributed by atoms with Crippen molar-refractivity contribution in [1.29, 1.82) is 0 Å². The third-order valence-corrected chi connectivity index (χ3v) is 6.46. The first-order chi connectivity index (χ1) is 8.58. The van der Waals surface area contributed by atoms with Crippen molar-refractivity contribution in [1.82, 2.24) is 4.90 Å². The van der Waals surface area contributed by atoms with Crippen LogP contribution in [0.25, 0.3) is 0 Å². The highest BCUT2D eigenvalue weighted by Crippen LogP contribution is 2.35. The summed E-state index contributed by atoms with van der Waals surface area (Å²) in [5, 5.41) is 0.777. The van der Waals surface area contributed by atoms with Gasteiger partial charge in [0.05, 0.1) is 0 Å². The van der Waals surface area contributed by atoms with Gasteiger partial charge in [-0.25, -0.2) is 0 Å². The van der Waals surface area contributed by atoms with Crippen LogP contribution in [0.3, 0.4) is 0 Å². The van der Waals surface area contributed by atoms with E-state index in [0.717, 1.165) is 17.0 Å². The Morgan fingerprint density at radius 3 is 2.33 bits per heavy atom. The van der Waals surface area contributed by atoms with Crippen LogP contribution in [0.5, 0.6) is 0 Å². The van der Waals surface area contributed by atoms with Crippen LogP contribution in [-0.2, 0) is 0 Å². The third-order valence-electron chi connectivity index (χ3n) is 4.45. The molecule has 1 heterocycles. The van der Waals surface area contributed by atoms with Gasteiger partial charge in [-0.1, -0.05) is 33.6 Å². The molecule has 2 atom stereocenters. The van der Waals surface area contributed by atoms with Crippen LogP contribution < -0.4 is 0 Å². The Morgan fingerprint density at radius 1 is 1.22 bits per heavy atom. The number of nitrogens with zero attached hydrogens (tertiary/aromatic N) is 1. The van der Waals surface area contributed by atoms with Crippen LogP contribution in [0.4, 0.5) is 0 Å². The van der Waals surface area contributed by atoms with Crippen molar-refractivity contribution in [3.8, 4) is 0 Å². The Kier molecular flexibility index (Phi) is 7.48. The summed E-state index contributed by atoms with van der Waals surface area (Å²) in [7, 11) is 0. The van der Waals surface area contributed by atoms with E-state index >= 15 is 0 Å². The number of hydrogen-bond donors (Lipinski definition) is 1. The second-order valence-electron chi connectivity index (χ2n) is 5.95. The molecule has 0 bridgehead atoms. The van der Waals surface area contributed by atoms with E-state index in [0.29, 0.717) is 5.41 Å². The summed E-state index contributed by atoms with van der Waals surface area (Å²) < 4.78 is 0. The van der Waals surface area contributed by atoms with E-state index in [1.54, 1.807) is 0 Å². The Bertz CT molecular complexity index is 227. The Hall–Kier alpha value is 0.660. The van der Waals surface area contributed by atoms with Crippen LogP contribution in [0, 0.1) is 5.41 Å². The molecule has 1 nitrogen and oxygen atoms in total. The maximum Gasteiger partial charge on any atom is 0.0184 e. The van der Waals surface area contributed by atoms with E-state index in [1.807, 2.05) is 0 Å². The van der Waals surface area contributed by atoms with Crippen molar-refractivity contribution >= 4 is 24.4 Å². The molecule has 1 aliphatic heterocycles. The first-order valence-corrected chi connectivity index (χ1v) is 9.23. The van der Waals surface area contributed by atoms with Gasteiger partial charge in [-0.3, -0.25) is 4.90 Å². The molecule has 1 saturated heterocycles. The highest BCUT2D eigenvalue weighted by atomic mass is 32.2. The maximum absolute atomic E-state index is 4.69. The van der Waals surface area contributed by atoms with Crippen molar-refractivity contribution in [2.75, 3.05) is 24.6 Å². The molecule has 0 aromatic heterocycles. The normalized spacial score (nSPS) is 26.5. The van der Waals surface area contributed by atoms with Gasteiger partial charge in [0.15, 0.2) is 0 Å². The summed E-state index contributed by atoms with van der Waals surface area (Å²) in [5.74, 6) is 2.34. The Balaban J connectivity index is 2.68. The Labute approximate surface area is 124 Å². The molecular weight excluding hydrogens is 258 g/mol. The first-order valence-electron chi connectivity index (χ1n) is 7.55. The van der Waals surface area contributed by atoms with Gasteiger partial charge >= 0.3 is 0 Å². The molecule has 0 saturated carbocycles. The zero-order valence-electron chi connectivity index (χ0n) is 12.6. The van der Waals surface area contributed by atoms with Crippen molar-refractivity contribution in [2.24, 2.45) is 5.41 Å². The summed E-state index contributed by atoms with van der Waals surface area (Å²) in [4.78, 5) is 2.72. The quantitative estimate of drug-likeness (QED) is 0.695. The average molecular weight is 290 g/mol. The van der Waals surface area contributed by atoms with Crippen LogP contribution in [0.2, 0.25) is 0 Å². The lowest BCUT2D eigenvalue weighted by Crippen LogP contribution is -2.50. The van der Waals surface area contributed by atoms with Crippen molar-refractivity contribution in [2.45, 2.75) is 64.7 Å². The molecule has 0 radical (unpaired) electrons. The topological polar surface area (TPSA) is 3.24 Å². The van der Waals surface area contributed by atoms with Crippen LogP contribution >= 0.6 is 24.4 Å². The van der Waals surface area contributed by atoms with E-state index in [1.165, 1.54) is 44.5 Å². The van der Waals surface area contributed by atoms with Gasteiger partial charge in [0.2, 0.25) is 0 Å². The molecule has 108 valence electrons. The van der Waals surface area contributed by atoms with Crippen molar-refractivity contribution in [3.05, 3.63) is 0 Å². The summed E-state index contributed by atoms with van der Waals surface area (Å²) in [6.07, 6.45) is 5.23. The fraction of sp³-hybridized carbons (Fsp3) is 1.00. The maximum atomic E-state index is 4.69. The van der Waals surface area contributed by atoms with Crippen LogP contribution in [-0.4, -0.2) is 40.8 Å². The lowest BCUT2D eigenvalue weighted by molar-refractivity contribution is 0.116. The van der Waals surface area contributed by atoms with Gasteiger partial charge < -0.3 is 0 Å². The van der Waals surface area contributed by atoms with Gasteiger partial charge in [-0.2, -0.15) is 24.4 Å². The number of thioether (sulfide) groups is 1. The van der Waals surface area contributed by atoms with Gasteiger partial charge in [-0.15, -0.1) is 0 Å². The smallest absolute Gasteiger partial charge is 0.0184 e. The monoisotopic (exact) mass is 289 g/mol. The SMILES string of the molecule is CCCC(CS)(CCC)CN1CCSC(C)C1C. The zero-order chi connectivity index (χ0) is 13.6. The van der Waals surface area contributed by atoms with E-state index in [4.69, 9.17) is 0 Å². The van der Waals surface area contributed by atoms with Crippen molar-refractivity contribution in [3.63, 3.8) is 0 Å². The predicted octanol–water partition coefficient (Wildman–Crippen LogP) is 4.33. The van der Waals surface area contributed by atoms with Crippen LogP contribution in [0.1, 0.15) is 53.4 Å². The standard InChI is InChI=1S/C15H31NS2/c1-5-7-15(12-17,8-6-2)11-16-9-10-18-14(4)13(16)3/h13-14,17H,5-12H2,1-4H3. The van der Waals surface area contributed by atoms with E-state index in [-0.39, 0.29) is 0 Å². The molecule has 0 aromatic carbocycles. The molecule has 18 heavy (non-hydrogen) atoms. The molecule has 2 unspecified atom stereocenters. The third kappa shape index (κ3) is 4.35. The minimum absolute atomic E-state index is 0.447. The Morgan fingerprint density at radius 2 is 1.83 bits per heavy atom.